The summed E-state index contributed by atoms with van der Waals surface area (Å²) in [6.07, 6.45) is 1.41. The number of hydrogen-bond donors (Lipinski definition) is 1. The van der Waals surface area contributed by atoms with Crippen LogP contribution < -0.4 is 0 Å². The maximum atomic E-state index is 12.3. The largest absolute Gasteiger partial charge is 0.478 e. The van der Waals surface area contributed by atoms with Gasteiger partial charge in [0.25, 0.3) is 5.91 Å². The van der Waals surface area contributed by atoms with Crippen LogP contribution in [0.4, 0.5) is 0 Å². The third-order valence-corrected chi connectivity index (χ3v) is 4.28. The van der Waals surface area contributed by atoms with Gasteiger partial charge >= 0.3 is 5.97 Å². The highest BCUT2D eigenvalue weighted by molar-refractivity contribution is 9.10. The molecule has 104 valence electrons. The molecule has 20 heavy (non-hydrogen) atoms. The third-order valence-electron chi connectivity index (χ3n) is 2.60. The number of aromatic carboxylic acids is 1. The normalized spacial score (nSPS) is 10.3. The first-order valence-corrected chi connectivity index (χ1v) is 7.33. The van der Waals surface area contributed by atoms with E-state index in [1.165, 1.54) is 34.6 Å². The minimum absolute atomic E-state index is 0.0434. The number of carbonyl (C=O) groups excluding carboxylic acids is 1. The fourth-order valence-electron chi connectivity index (χ4n) is 1.67. The summed E-state index contributed by atoms with van der Waals surface area (Å²) in [5.74, 6) is -1.57. The van der Waals surface area contributed by atoms with Crippen molar-refractivity contribution < 1.29 is 14.7 Å². The number of hydrogen-bond acceptors (Lipinski definition) is 4. The molecule has 0 bridgehead atoms. The third kappa shape index (κ3) is 3.23. The smallest absolute Gasteiger partial charge is 0.338 e. The number of thiophene rings is 1. The SMILES string of the molecule is CN(Cc1cc(Br)cs1)C(=O)c1ncccc1C(=O)O. The molecule has 0 aliphatic carbocycles. The molecule has 0 aliphatic rings. The Balaban J connectivity index is 2.20. The van der Waals surface area contributed by atoms with E-state index in [-0.39, 0.29) is 11.3 Å². The van der Waals surface area contributed by atoms with Crippen molar-refractivity contribution in [3.05, 3.63) is 50.4 Å². The van der Waals surface area contributed by atoms with Crippen molar-refractivity contribution in [3.63, 3.8) is 0 Å². The van der Waals surface area contributed by atoms with E-state index in [1.807, 2.05) is 11.4 Å². The van der Waals surface area contributed by atoms with Crippen LogP contribution >= 0.6 is 27.3 Å². The lowest BCUT2D eigenvalue weighted by atomic mass is 10.2. The second-order valence-electron chi connectivity index (χ2n) is 4.10. The second kappa shape index (κ2) is 6.15. The van der Waals surface area contributed by atoms with Crippen LogP contribution in [0.1, 0.15) is 25.7 Å². The highest BCUT2D eigenvalue weighted by Crippen LogP contribution is 2.21. The molecule has 1 amide bonds. The van der Waals surface area contributed by atoms with Gasteiger partial charge in [0.05, 0.1) is 12.1 Å². The summed E-state index contributed by atoms with van der Waals surface area (Å²) >= 11 is 4.88. The second-order valence-corrected chi connectivity index (χ2v) is 6.01. The zero-order valence-electron chi connectivity index (χ0n) is 10.5. The minimum atomic E-state index is -1.16. The summed E-state index contributed by atoms with van der Waals surface area (Å²) in [4.78, 5) is 29.7. The molecule has 0 saturated heterocycles. The molecule has 0 aliphatic heterocycles. The van der Waals surface area contributed by atoms with Crippen molar-refractivity contribution in [2.24, 2.45) is 0 Å². The van der Waals surface area contributed by atoms with Crippen molar-refractivity contribution in [1.82, 2.24) is 9.88 Å². The molecule has 0 fully saturated rings. The number of rotatable bonds is 4. The molecule has 0 aromatic carbocycles. The van der Waals surface area contributed by atoms with Crippen molar-refractivity contribution >= 4 is 39.1 Å². The molecule has 5 nitrogen and oxygen atoms in total. The van der Waals surface area contributed by atoms with Gasteiger partial charge in [-0.3, -0.25) is 9.78 Å². The predicted molar refractivity (Wildman–Crippen MR) is 79.0 cm³/mol. The zero-order valence-corrected chi connectivity index (χ0v) is 12.9. The molecular formula is C13H11BrN2O3S. The summed E-state index contributed by atoms with van der Waals surface area (Å²) in [5, 5.41) is 11.0. The summed E-state index contributed by atoms with van der Waals surface area (Å²) in [7, 11) is 1.62. The van der Waals surface area contributed by atoms with Gasteiger partial charge in [0.2, 0.25) is 0 Å². The Morgan fingerprint density at radius 1 is 1.50 bits per heavy atom. The highest BCUT2D eigenvalue weighted by atomic mass is 79.9. The van der Waals surface area contributed by atoms with Gasteiger partial charge in [-0.2, -0.15) is 0 Å². The summed E-state index contributed by atoms with van der Waals surface area (Å²) in [5.41, 5.74) is -0.130. The van der Waals surface area contributed by atoms with Crippen molar-refractivity contribution in [3.8, 4) is 0 Å². The standard InChI is InChI=1S/C13H11BrN2O3S/c1-16(6-9-5-8(14)7-20-9)12(17)11-10(13(18)19)3-2-4-15-11/h2-5,7H,6H2,1H3,(H,18,19). The summed E-state index contributed by atoms with van der Waals surface area (Å²) in [6.45, 7) is 0.407. The van der Waals surface area contributed by atoms with Gasteiger partial charge in [0, 0.05) is 28.0 Å². The van der Waals surface area contributed by atoms with E-state index in [4.69, 9.17) is 5.11 Å². The Morgan fingerprint density at radius 2 is 2.25 bits per heavy atom. The van der Waals surface area contributed by atoms with Gasteiger partial charge in [-0.25, -0.2) is 4.79 Å². The molecule has 0 unspecified atom stereocenters. The van der Waals surface area contributed by atoms with Crippen LogP contribution in [-0.4, -0.2) is 33.9 Å². The van der Waals surface area contributed by atoms with E-state index in [2.05, 4.69) is 20.9 Å². The molecule has 2 heterocycles. The molecule has 0 saturated carbocycles. The molecule has 1 N–H and O–H groups in total. The monoisotopic (exact) mass is 354 g/mol. The van der Waals surface area contributed by atoms with Crippen LogP contribution in [-0.2, 0) is 6.54 Å². The zero-order chi connectivity index (χ0) is 14.7. The molecule has 0 spiro atoms. The van der Waals surface area contributed by atoms with Gasteiger partial charge < -0.3 is 10.0 Å². The number of carbonyl (C=O) groups is 2. The number of halogens is 1. The van der Waals surface area contributed by atoms with Crippen LogP contribution in [0.3, 0.4) is 0 Å². The van der Waals surface area contributed by atoms with Crippen LogP contribution in [0.5, 0.6) is 0 Å². The Morgan fingerprint density at radius 3 is 2.85 bits per heavy atom. The van der Waals surface area contributed by atoms with E-state index >= 15 is 0 Å². The first-order valence-electron chi connectivity index (χ1n) is 5.65. The van der Waals surface area contributed by atoms with E-state index in [0.29, 0.717) is 6.54 Å². The van der Waals surface area contributed by atoms with E-state index in [9.17, 15) is 9.59 Å². The molecule has 2 rings (SSSR count). The van der Waals surface area contributed by atoms with Gasteiger partial charge in [0.1, 0.15) is 5.69 Å². The van der Waals surface area contributed by atoms with Gasteiger partial charge in [0.15, 0.2) is 0 Å². The van der Waals surface area contributed by atoms with Crippen LogP contribution in [0.15, 0.2) is 34.2 Å². The van der Waals surface area contributed by atoms with Crippen LogP contribution in [0, 0.1) is 0 Å². The summed E-state index contributed by atoms with van der Waals surface area (Å²) in [6, 6.07) is 4.79. The Bertz CT molecular complexity index is 657. The maximum absolute atomic E-state index is 12.3. The number of amides is 1. The van der Waals surface area contributed by atoms with E-state index < -0.39 is 11.9 Å². The predicted octanol–water partition coefficient (Wildman–Crippen LogP) is 2.88. The number of aromatic nitrogens is 1. The molecule has 2 aromatic rings. The Kier molecular flexibility index (Phi) is 4.51. The number of carboxylic acid groups (broad SMARTS) is 1. The van der Waals surface area contributed by atoms with Crippen molar-refractivity contribution in [1.29, 1.82) is 0 Å². The highest BCUT2D eigenvalue weighted by Gasteiger charge is 2.21. The molecular weight excluding hydrogens is 344 g/mol. The maximum Gasteiger partial charge on any atom is 0.338 e. The molecule has 7 heteroatoms. The average Bonchev–Trinajstić information content (AvgIpc) is 2.83. The Labute approximate surface area is 128 Å². The quantitative estimate of drug-likeness (QED) is 0.916. The first kappa shape index (κ1) is 14.7. The Hall–Kier alpha value is -1.73. The minimum Gasteiger partial charge on any atom is -0.478 e. The van der Waals surface area contributed by atoms with Gasteiger partial charge in [-0.05, 0) is 34.1 Å². The lowest BCUT2D eigenvalue weighted by molar-refractivity contribution is 0.0678. The lowest BCUT2D eigenvalue weighted by Crippen LogP contribution is -2.28. The number of nitrogens with zero attached hydrogens (tertiary/aromatic N) is 2. The van der Waals surface area contributed by atoms with Crippen LogP contribution in [0.25, 0.3) is 0 Å². The molecule has 0 atom stereocenters. The van der Waals surface area contributed by atoms with Gasteiger partial charge in [-0.15, -0.1) is 11.3 Å². The average molecular weight is 355 g/mol. The fraction of sp³-hybridized carbons (Fsp3) is 0.154. The summed E-state index contributed by atoms with van der Waals surface area (Å²) < 4.78 is 0.961. The first-order chi connectivity index (χ1) is 9.49. The van der Waals surface area contributed by atoms with Crippen LogP contribution in [0.2, 0.25) is 0 Å². The number of carboxylic acids is 1. The molecule has 0 radical (unpaired) electrons. The van der Waals surface area contributed by atoms with Gasteiger partial charge in [-0.1, -0.05) is 0 Å². The fourth-order valence-corrected chi connectivity index (χ4v) is 3.17. The van der Waals surface area contributed by atoms with Crippen molar-refractivity contribution in [2.45, 2.75) is 6.54 Å². The molecule has 2 aromatic heterocycles. The van der Waals surface area contributed by atoms with Crippen molar-refractivity contribution in [2.75, 3.05) is 7.05 Å². The topological polar surface area (TPSA) is 70.5 Å². The number of pyridine rings is 1. The van der Waals surface area contributed by atoms with E-state index in [1.54, 1.807) is 7.05 Å². The van der Waals surface area contributed by atoms with E-state index in [0.717, 1.165) is 9.35 Å². The lowest BCUT2D eigenvalue weighted by Gasteiger charge is -2.16.